The Hall–Kier alpha value is -3.88. The number of nitrogens with zero attached hydrogens (tertiary/aromatic N) is 3. The first-order chi connectivity index (χ1) is 17.2. The first kappa shape index (κ1) is 27.7. The van der Waals surface area contributed by atoms with Crippen LogP contribution in [0.25, 0.3) is 11.0 Å². The molecule has 3 N–H and O–H groups in total. The van der Waals surface area contributed by atoms with Gasteiger partial charge in [-0.1, -0.05) is 17.7 Å². The lowest BCUT2D eigenvalue weighted by Crippen LogP contribution is -2.20. The van der Waals surface area contributed by atoms with Crippen molar-refractivity contribution in [3.8, 4) is 11.6 Å². The number of anilines is 2. The number of benzene rings is 2. The minimum absolute atomic E-state index is 0.0104. The predicted octanol–water partition coefficient (Wildman–Crippen LogP) is 5.58. The van der Waals surface area contributed by atoms with Gasteiger partial charge in [-0.05, 0) is 36.4 Å². The molecule has 2 amide bonds. The fourth-order valence-electron chi connectivity index (χ4n) is 2.99. The van der Waals surface area contributed by atoms with Crippen molar-refractivity contribution in [2.24, 2.45) is 7.05 Å². The highest BCUT2D eigenvalue weighted by atomic mass is 35.5. The number of fused-ring (bicyclic) bond motifs is 1. The van der Waals surface area contributed by atoms with Crippen LogP contribution < -0.4 is 15.4 Å². The summed E-state index contributed by atoms with van der Waals surface area (Å²) in [4.78, 5) is 20.5. The Balaban J connectivity index is 0.000000695. The summed E-state index contributed by atoms with van der Waals surface area (Å²) in [5, 5.41) is 5.01. The Morgan fingerprint density at radius 1 is 1.11 bits per heavy atom. The molecular weight excluding hydrogens is 539 g/mol. The van der Waals surface area contributed by atoms with E-state index in [0.29, 0.717) is 28.9 Å². The van der Waals surface area contributed by atoms with Gasteiger partial charge in [0.2, 0.25) is 5.88 Å². The first-order valence-corrected chi connectivity index (χ1v) is 12.3. The van der Waals surface area contributed by atoms with Crippen LogP contribution in [0.1, 0.15) is 5.56 Å². The highest BCUT2D eigenvalue weighted by Gasteiger charge is 2.30. The van der Waals surface area contributed by atoms with E-state index < -0.39 is 27.9 Å². The number of amides is 2. The van der Waals surface area contributed by atoms with Crippen molar-refractivity contribution >= 4 is 50.2 Å². The lowest BCUT2D eigenvalue weighted by molar-refractivity contribution is -0.137. The number of ether oxygens (including phenoxy) is 1. The molecule has 0 radical (unpaired) electrons. The lowest BCUT2D eigenvalue weighted by Gasteiger charge is -2.12. The molecule has 2 heterocycles. The van der Waals surface area contributed by atoms with Gasteiger partial charge in [0.15, 0.2) is 0 Å². The Bertz CT molecular complexity index is 1540. The van der Waals surface area contributed by atoms with E-state index >= 15 is 0 Å². The van der Waals surface area contributed by atoms with Crippen molar-refractivity contribution < 1.29 is 35.7 Å². The first-order valence-electron chi connectivity index (χ1n) is 10.1. The summed E-state index contributed by atoms with van der Waals surface area (Å²) in [7, 11) is -1.83. The molecule has 4 rings (SSSR count). The van der Waals surface area contributed by atoms with Crippen molar-refractivity contribution in [3.63, 3.8) is 0 Å². The number of alkyl halides is 3. The second-order valence-electron chi connectivity index (χ2n) is 7.47. The number of aromatic nitrogens is 3. The van der Waals surface area contributed by atoms with Crippen LogP contribution in [-0.2, 0) is 23.3 Å². The molecule has 0 aliphatic heterocycles. The van der Waals surface area contributed by atoms with Crippen molar-refractivity contribution in [3.05, 3.63) is 71.6 Å². The van der Waals surface area contributed by atoms with Gasteiger partial charge in [-0.2, -0.15) is 26.6 Å². The largest absolute Gasteiger partial charge is 0.437 e. The fourth-order valence-corrected chi connectivity index (χ4v) is 3.21. The van der Waals surface area contributed by atoms with E-state index in [1.807, 2.05) is 23.9 Å². The van der Waals surface area contributed by atoms with Crippen LogP contribution >= 0.6 is 11.6 Å². The summed E-state index contributed by atoms with van der Waals surface area (Å²) >= 11 is 6.25. The highest BCUT2D eigenvalue weighted by molar-refractivity contribution is 7.85. The zero-order chi connectivity index (χ0) is 27.4. The number of urea groups is 1. The van der Waals surface area contributed by atoms with Crippen molar-refractivity contribution in [2.75, 3.05) is 16.9 Å². The molecule has 37 heavy (non-hydrogen) atoms. The Morgan fingerprint density at radius 2 is 1.81 bits per heavy atom. The van der Waals surface area contributed by atoms with E-state index in [1.165, 1.54) is 30.6 Å². The molecule has 0 unspecified atom stereocenters. The standard InChI is InChI=1S/C21H15ClF3N5O2.CH4O3S/c1-30-8-7-17-18(30)19(27-11-26-17)32-14-5-6-16(15(22)10-14)29-20(31)28-13-4-2-3-12(9-13)21(23,24)25;1-5(2,3)4/h2-11H,1H3,(H2,28,29,31);1H3,(H,2,3,4). The number of nitrogens with one attached hydrogen (secondary N) is 2. The molecule has 2 aromatic heterocycles. The van der Waals surface area contributed by atoms with Crippen LogP contribution in [0.15, 0.2) is 61.1 Å². The molecule has 0 bridgehead atoms. The topological polar surface area (TPSA) is 135 Å². The molecule has 0 aliphatic carbocycles. The maximum absolute atomic E-state index is 12.8. The SMILES string of the molecule is CS(=O)(=O)O.Cn1ccc2ncnc(Oc3ccc(NC(=O)Nc4cccc(C(F)(F)F)c4)c(Cl)c3)c21. The number of hydrogen-bond donors (Lipinski definition) is 3. The zero-order valence-corrected chi connectivity index (χ0v) is 20.7. The lowest BCUT2D eigenvalue weighted by atomic mass is 10.2. The second kappa shape index (κ2) is 11.0. The van der Waals surface area contributed by atoms with Gasteiger partial charge in [0, 0.05) is 25.0 Å². The van der Waals surface area contributed by atoms with Crippen LogP contribution in [0.4, 0.5) is 29.3 Å². The molecule has 0 atom stereocenters. The van der Waals surface area contributed by atoms with E-state index in [1.54, 1.807) is 6.07 Å². The van der Waals surface area contributed by atoms with E-state index in [0.717, 1.165) is 12.1 Å². The smallest absolute Gasteiger partial charge is 0.416 e. The quantitative estimate of drug-likeness (QED) is 0.279. The molecule has 196 valence electrons. The fraction of sp³-hybridized carbons (Fsp3) is 0.136. The Kier molecular flexibility index (Phi) is 8.25. The van der Waals surface area contributed by atoms with Gasteiger partial charge < -0.3 is 19.9 Å². The van der Waals surface area contributed by atoms with Crippen LogP contribution in [0.5, 0.6) is 11.6 Å². The number of hydrogen-bond acceptors (Lipinski definition) is 6. The number of halogens is 4. The summed E-state index contributed by atoms with van der Waals surface area (Å²) in [6.45, 7) is 0. The number of aryl methyl sites for hydroxylation is 1. The predicted molar refractivity (Wildman–Crippen MR) is 132 cm³/mol. The molecule has 10 nitrogen and oxygen atoms in total. The molecule has 0 aliphatic rings. The summed E-state index contributed by atoms with van der Waals surface area (Å²) in [5.74, 6) is 0.710. The molecule has 0 spiro atoms. The van der Waals surface area contributed by atoms with E-state index in [-0.39, 0.29) is 16.4 Å². The third-order valence-corrected chi connectivity index (χ3v) is 4.79. The van der Waals surface area contributed by atoms with Gasteiger partial charge in [-0.25, -0.2) is 9.78 Å². The van der Waals surface area contributed by atoms with Gasteiger partial charge in [0.1, 0.15) is 17.6 Å². The zero-order valence-electron chi connectivity index (χ0n) is 19.1. The Labute approximate surface area is 213 Å². The van der Waals surface area contributed by atoms with Crippen LogP contribution in [0, 0.1) is 0 Å². The Morgan fingerprint density at radius 3 is 2.46 bits per heavy atom. The van der Waals surface area contributed by atoms with E-state index in [9.17, 15) is 26.4 Å². The van der Waals surface area contributed by atoms with Crippen molar-refractivity contribution in [1.29, 1.82) is 0 Å². The number of carbonyl (C=O) groups excluding carboxylic acids is 1. The second-order valence-corrected chi connectivity index (χ2v) is 9.35. The minimum atomic E-state index is -4.51. The van der Waals surface area contributed by atoms with Gasteiger partial charge in [0.25, 0.3) is 10.1 Å². The molecule has 2 aromatic carbocycles. The maximum atomic E-state index is 12.8. The van der Waals surface area contributed by atoms with Crippen LogP contribution in [-0.4, -0.2) is 39.8 Å². The number of rotatable bonds is 4. The summed E-state index contributed by atoms with van der Waals surface area (Å²) in [5.41, 5.74) is 0.783. The number of carbonyl (C=O) groups is 1. The molecule has 0 fully saturated rings. The average Bonchev–Trinajstić information content (AvgIpc) is 3.16. The van der Waals surface area contributed by atoms with Crippen LogP contribution in [0.3, 0.4) is 0 Å². The van der Waals surface area contributed by atoms with E-state index in [4.69, 9.17) is 20.9 Å². The van der Waals surface area contributed by atoms with Gasteiger partial charge in [-0.3, -0.25) is 4.55 Å². The molecule has 4 aromatic rings. The third-order valence-electron chi connectivity index (χ3n) is 4.48. The minimum Gasteiger partial charge on any atom is -0.437 e. The molecular formula is C22H19ClF3N5O5S. The average molecular weight is 558 g/mol. The van der Waals surface area contributed by atoms with Gasteiger partial charge in [-0.15, -0.1) is 0 Å². The third kappa shape index (κ3) is 8.06. The molecule has 0 saturated carbocycles. The summed E-state index contributed by atoms with van der Waals surface area (Å²) in [6.07, 6.45) is -0.586. The summed E-state index contributed by atoms with van der Waals surface area (Å²) in [6, 6.07) is 9.94. The highest BCUT2D eigenvalue weighted by Crippen LogP contribution is 2.33. The van der Waals surface area contributed by atoms with E-state index in [2.05, 4.69) is 20.6 Å². The normalized spacial score (nSPS) is 11.4. The molecule has 0 saturated heterocycles. The van der Waals surface area contributed by atoms with Crippen molar-refractivity contribution in [1.82, 2.24) is 14.5 Å². The van der Waals surface area contributed by atoms with Crippen LogP contribution in [0.2, 0.25) is 5.02 Å². The van der Waals surface area contributed by atoms with Gasteiger partial charge in [0.05, 0.1) is 28.0 Å². The molecule has 15 heteroatoms. The maximum Gasteiger partial charge on any atom is 0.416 e. The summed E-state index contributed by atoms with van der Waals surface area (Å²) < 4.78 is 72.0. The van der Waals surface area contributed by atoms with Crippen molar-refractivity contribution in [2.45, 2.75) is 6.18 Å². The van der Waals surface area contributed by atoms with Gasteiger partial charge >= 0.3 is 12.2 Å². The monoisotopic (exact) mass is 557 g/mol.